The van der Waals surface area contributed by atoms with Gasteiger partial charge in [0.15, 0.2) is 0 Å². The summed E-state index contributed by atoms with van der Waals surface area (Å²) in [4.78, 5) is 23.0. The Labute approximate surface area is 138 Å². The van der Waals surface area contributed by atoms with Crippen molar-refractivity contribution in [3.8, 4) is 0 Å². The molecule has 0 spiro atoms. The first kappa shape index (κ1) is 18.0. The monoisotopic (exact) mass is 375 g/mol. The fraction of sp³-hybridized carbons (Fsp3) is 0.467. The van der Waals surface area contributed by atoms with Gasteiger partial charge in [0, 0.05) is 22.5 Å². The molecule has 0 aliphatic carbocycles. The lowest BCUT2D eigenvalue weighted by molar-refractivity contribution is -0.138. The summed E-state index contributed by atoms with van der Waals surface area (Å²) < 4.78 is 0.617. The maximum atomic E-state index is 12.1. The van der Waals surface area contributed by atoms with Crippen molar-refractivity contribution in [2.45, 2.75) is 26.7 Å². The number of hydrogen-bond acceptors (Lipinski definition) is 2. The zero-order valence-corrected chi connectivity index (χ0v) is 14.4. The molecule has 1 aromatic carbocycles. The van der Waals surface area contributed by atoms with E-state index in [4.69, 9.17) is 16.7 Å². The van der Waals surface area contributed by atoms with E-state index in [0.717, 1.165) is 6.42 Å². The van der Waals surface area contributed by atoms with E-state index >= 15 is 0 Å². The Bertz CT molecular complexity index is 520. The van der Waals surface area contributed by atoms with E-state index in [1.165, 1.54) is 0 Å². The van der Waals surface area contributed by atoms with E-state index in [1.807, 2.05) is 13.8 Å². The fourth-order valence-corrected chi connectivity index (χ4v) is 3.02. The predicted octanol–water partition coefficient (Wildman–Crippen LogP) is 3.97. The minimum absolute atomic E-state index is 0.0558. The van der Waals surface area contributed by atoms with Gasteiger partial charge in [-0.15, -0.1) is 0 Å². The molecule has 116 valence electrons. The van der Waals surface area contributed by atoms with Gasteiger partial charge < -0.3 is 10.4 Å². The van der Waals surface area contributed by atoms with Crippen molar-refractivity contribution < 1.29 is 14.7 Å². The third-order valence-electron chi connectivity index (χ3n) is 3.00. The zero-order chi connectivity index (χ0) is 16.0. The first-order valence-corrected chi connectivity index (χ1v) is 7.91. The second-order valence-electron chi connectivity index (χ2n) is 5.43. The first-order valence-electron chi connectivity index (χ1n) is 6.74. The summed E-state index contributed by atoms with van der Waals surface area (Å²) in [5, 5.41) is 12.3. The maximum absolute atomic E-state index is 12.1. The minimum atomic E-state index is -0.845. The molecule has 1 aromatic rings. The van der Waals surface area contributed by atoms with Gasteiger partial charge >= 0.3 is 5.97 Å². The van der Waals surface area contributed by atoms with Crippen LogP contribution in [0.4, 0.5) is 0 Å². The third kappa shape index (κ3) is 6.48. The summed E-state index contributed by atoms with van der Waals surface area (Å²) in [5.41, 5.74) is 0.484. The van der Waals surface area contributed by atoms with Crippen LogP contribution in [0.2, 0.25) is 5.02 Å². The molecule has 1 atom stereocenters. The highest BCUT2D eigenvalue weighted by molar-refractivity contribution is 9.10. The van der Waals surface area contributed by atoms with Gasteiger partial charge in [-0.1, -0.05) is 25.4 Å². The number of rotatable bonds is 7. The van der Waals surface area contributed by atoms with Crippen molar-refractivity contribution in [1.82, 2.24) is 5.32 Å². The van der Waals surface area contributed by atoms with Crippen LogP contribution in [0.3, 0.4) is 0 Å². The molecule has 0 aliphatic rings. The number of aliphatic carboxylic acids is 1. The SMILES string of the molecule is CC(C)CC(CNC(=O)c1ccc(Cl)cc1Br)CC(=O)O. The Kier molecular flexibility index (Phi) is 7.18. The average molecular weight is 377 g/mol. The number of halogens is 2. The standard InChI is InChI=1S/C15H19BrClNO3/c1-9(2)5-10(6-14(19)20)8-18-15(21)12-4-3-11(17)7-13(12)16/h3-4,7,9-10H,5-6,8H2,1-2H3,(H,18,21)(H,19,20). The van der Waals surface area contributed by atoms with E-state index in [-0.39, 0.29) is 18.2 Å². The number of carboxylic acids is 1. The highest BCUT2D eigenvalue weighted by atomic mass is 79.9. The van der Waals surface area contributed by atoms with Crippen molar-refractivity contribution >= 4 is 39.4 Å². The normalized spacial score (nSPS) is 12.2. The Balaban J connectivity index is 2.65. The Morgan fingerprint density at radius 3 is 2.57 bits per heavy atom. The first-order chi connectivity index (χ1) is 9.79. The number of carboxylic acid groups (broad SMARTS) is 1. The second kappa shape index (κ2) is 8.39. The molecule has 1 amide bonds. The predicted molar refractivity (Wildman–Crippen MR) is 86.7 cm³/mol. The lowest BCUT2D eigenvalue weighted by atomic mass is 9.94. The minimum Gasteiger partial charge on any atom is -0.481 e. The van der Waals surface area contributed by atoms with E-state index in [9.17, 15) is 9.59 Å². The highest BCUT2D eigenvalue weighted by Gasteiger charge is 2.17. The molecule has 0 saturated heterocycles. The topological polar surface area (TPSA) is 66.4 Å². The largest absolute Gasteiger partial charge is 0.481 e. The van der Waals surface area contributed by atoms with Gasteiger partial charge in [-0.25, -0.2) is 0 Å². The Morgan fingerprint density at radius 2 is 2.05 bits per heavy atom. The lowest BCUT2D eigenvalue weighted by Crippen LogP contribution is -2.31. The summed E-state index contributed by atoms with van der Waals surface area (Å²) >= 11 is 9.13. The van der Waals surface area contributed by atoms with Crippen molar-refractivity contribution in [1.29, 1.82) is 0 Å². The van der Waals surface area contributed by atoms with Crippen molar-refractivity contribution in [2.75, 3.05) is 6.54 Å². The molecule has 0 saturated carbocycles. The molecular weight excluding hydrogens is 358 g/mol. The van der Waals surface area contributed by atoms with Gasteiger partial charge in [0.1, 0.15) is 0 Å². The van der Waals surface area contributed by atoms with Crippen molar-refractivity contribution in [2.24, 2.45) is 11.8 Å². The number of carbonyl (C=O) groups is 2. The maximum Gasteiger partial charge on any atom is 0.303 e. The lowest BCUT2D eigenvalue weighted by Gasteiger charge is -2.18. The molecule has 6 heteroatoms. The summed E-state index contributed by atoms with van der Waals surface area (Å²) in [5.74, 6) is -0.772. The third-order valence-corrected chi connectivity index (χ3v) is 3.89. The van der Waals surface area contributed by atoms with E-state index in [1.54, 1.807) is 18.2 Å². The number of nitrogens with one attached hydrogen (secondary N) is 1. The van der Waals surface area contributed by atoms with Crippen LogP contribution in [0.5, 0.6) is 0 Å². The summed E-state index contributed by atoms with van der Waals surface area (Å²) in [7, 11) is 0. The molecule has 4 nitrogen and oxygen atoms in total. The number of amides is 1. The van der Waals surface area contributed by atoms with Crippen molar-refractivity contribution in [3.63, 3.8) is 0 Å². The van der Waals surface area contributed by atoms with E-state index < -0.39 is 5.97 Å². The molecule has 0 radical (unpaired) electrons. The summed E-state index contributed by atoms with van der Waals surface area (Å²) in [6.45, 7) is 4.41. The smallest absolute Gasteiger partial charge is 0.303 e. The molecule has 1 rings (SSSR count). The Hall–Kier alpha value is -1.07. The summed E-state index contributed by atoms with van der Waals surface area (Å²) in [6.07, 6.45) is 0.814. The molecule has 0 fully saturated rings. The second-order valence-corrected chi connectivity index (χ2v) is 6.72. The highest BCUT2D eigenvalue weighted by Crippen LogP contribution is 2.22. The van der Waals surface area contributed by atoms with Gasteiger partial charge in [-0.2, -0.15) is 0 Å². The van der Waals surface area contributed by atoms with E-state index in [2.05, 4.69) is 21.2 Å². The molecule has 0 aromatic heterocycles. The van der Waals surface area contributed by atoms with Crippen LogP contribution in [-0.2, 0) is 4.79 Å². The Morgan fingerprint density at radius 1 is 1.38 bits per heavy atom. The molecule has 0 aliphatic heterocycles. The van der Waals surface area contributed by atoms with Crippen LogP contribution >= 0.6 is 27.5 Å². The van der Waals surface area contributed by atoms with Crippen LogP contribution < -0.4 is 5.32 Å². The molecule has 1 unspecified atom stereocenters. The molecular formula is C15H19BrClNO3. The number of benzene rings is 1. The van der Waals surface area contributed by atoms with E-state index in [0.29, 0.717) is 27.5 Å². The molecule has 2 N–H and O–H groups in total. The number of carbonyl (C=O) groups excluding carboxylic acids is 1. The van der Waals surface area contributed by atoms with Gasteiger partial charge in [0.05, 0.1) is 5.56 Å². The van der Waals surface area contributed by atoms with Crippen LogP contribution in [0.15, 0.2) is 22.7 Å². The van der Waals surface area contributed by atoms with Crippen LogP contribution in [0.1, 0.15) is 37.0 Å². The van der Waals surface area contributed by atoms with Gasteiger partial charge in [0.25, 0.3) is 5.91 Å². The molecule has 0 heterocycles. The number of hydrogen-bond donors (Lipinski definition) is 2. The van der Waals surface area contributed by atoms with Gasteiger partial charge in [0.2, 0.25) is 0 Å². The molecule has 0 bridgehead atoms. The van der Waals surface area contributed by atoms with Gasteiger partial charge in [-0.3, -0.25) is 9.59 Å². The van der Waals surface area contributed by atoms with Gasteiger partial charge in [-0.05, 0) is 52.4 Å². The van der Waals surface area contributed by atoms with Crippen LogP contribution in [0, 0.1) is 11.8 Å². The fourth-order valence-electron chi connectivity index (χ4n) is 2.16. The van der Waals surface area contributed by atoms with Crippen LogP contribution in [-0.4, -0.2) is 23.5 Å². The van der Waals surface area contributed by atoms with Crippen LogP contribution in [0.25, 0.3) is 0 Å². The van der Waals surface area contributed by atoms with Crippen molar-refractivity contribution in [3.05, 3.63) is 33.3 Å². The quantitative estimate of drug-likeness (QED) is 0.756. The summed E-state index contributed by atoms with van der Waals surface area (Å²) in [6, 6.07) is 4.93. The molecule has 21 heavy (non-hydrogen) atoms. The average Bonchev–Trinajstić information content (AvgIpc) is 2.34. The zero-order valence-electron chi connectivity index (χ0n) is 12.0.